The first-order valence-corrected chi connectivity index (χ1v) is 10.7. The Bertz CT molecular complexity index is 810. The van der Waals surface area contributed by atoms with Gasteiger partial charge in [-0.2, -0.15) is 0 Å². The van der Waals surface area contributed by atoms with Crippen molar-refractivity contribution in [1.82, 2.24) is 10.6 Å². The lowest BCUT2D eigenvalue weighted by atomic mass is 10.1. The van der Waals surface area contributed by atoms with Gasteiger partial charge in [0.25, 0.3) is 0 Å². The van der Waals surface area contributed by atoms with Crippen molar-refractivity contribution in [3.8, 4) is 5.75 Å². The standard InChI is InChI=1S/C24H33N3O3.HI/c1-3-25-24(27-17-21-9-4-5-10-23(21)28-2)26-16-19-7-6-8-20(15-19)18-30-22-11-13-29-14-12-22;/h4-10,15,22H,3,11-14,16-18H2,1-2H3,(H2,25,26,27);1H. The Kier molecular flexibility index (Phi) is 11.7. The third-order valence-electron chi connectivity index (χ3n) is 5.05. The molecule has 0 spiro atoms. The Labute approximate surface area is 202 Å². The van der Waals surface area contributed by atoms with E-state index in [2.05, 4.69) is 47.9 Å². The first kappa shape index (κ1) is 25.4. The van der Waals surface area contributed by atoms with E-state index in [0.29, 0.717) is 25.8 Å². The molecular formula is C24H34IN3O3. The quantitative estimate of drug-likeness (QED) is 0.283. The van der Waals surface area contributed by atoms with Crippen LogP contribution >= 0.6 is 24.0 Å². The van der Waals surface area contributed by atoms with Gasteiger partial charge in [-0.05, 0) is 37.0 Å². The Hall–Kier alpha value is -1.84. The molecule has 0 bridgehead atoms. The summed E-state index contributed by atoms with van der Waals surface area (Å²) in [4.78, 5) is 4.74. The van der Waals surface area contributed by atoms with Crippen molar-refractivity contribution in [2.24, 2.45) is 4.99 Å². The summed E-state index contributed by atoms with van der Waals surface area (Å²) < 4.78 is 16.9. The van der Waals surface area contributed by atoms with E-state index in [0.717, 1.165) is 55.4 Å². The third-order valence-corrected chi connectivity index (χ3v) is 5.05. The minimum Gasteiger partial charge on any atom is -0.496 e. The average Bonchev–Trinajstić information content (AvgIpc) is 2.80. The highest BCUT2D eigenvalue weighted by molar-refractivity contribution is 14.0. The summed E-state index contributed by atoms with van der Waals surface area (Å²) in [6.45, 7) is 6.35. The number of hydrogen-bond acceptors (Lipinski definition) is 4. The Morgan fingerprint density at radius 2 is 1.84 bits per heavy atom. The zero-order chi connectivity index (χ0) is 21.0. The maximum absolute atomic E-state index is 6.05. The van der Waals surface area contributed by atoms with Gasteiger partial charge in [0.15, 0.2) is 5.96 Å². The fourth-order valence-corrected chi connectivity index (χ4v) is 3.41. The lowest BCUT2D eigenvalue weighted by Crippen LogP contribution is -2.36. The van der Waals surface area contributed by atoms with Crippen LogP contribution in [0.3, 0.4) is 0 Å². The summed E-state index contributed by atoms with van der Waals surface area (Å²) in [6.07, 6.45) is 2.27. The molecule has 1 fully saturated rings. The summed E-state index contributed by atoms with van der Waals surface area (Å²) in [7, 11) is 1.69. The molecule has 0 saturated carbocycles. The molecular weight excluding hydrogens is 505 g/mol. The molecule has 0 aromatic heterocycles. The van der Waals surface area contributed by atoms with Crippen molar-refractivity contribution in [3.63, 3.8) is 0 Å². The first-order chi connectivity index (χ1) is 14.8. The predicted octanol–water partition coefficient (Wildman–Crippen LogP) is 4.26. The molecule has 2 N–H and O–H groups in total. The molecule has 2 aromatic carbocycles. The maximum Gasteiger partial charge on any atom is 0.191 e. The molecule has 1 heterocycles. The van der Waals surface area contributed by atoms with E-state index in [-0.39, 0.29) is 24.0 Å². The van der Waals surface area contributed by atoms with E-state index in [9.17, 15) is 0 Å². The largest absolute Gasteiger partial charge is 0.496 e. The highest BCUT2D eigenvalue weighted by atomic mass is 127. The molecule has 1 aliphatic heterocycles. The molecule has 0 radical (unpaired) electrons. The SMILES string of the molecule is CCNC(=NCc1cccc(COC2CCOCC2)c1)NCc1ccccc1OC.I. The molecule has 170 valence electrons. The minimum atomic E-state index is 0. The second-order valence-corrected chi connectivity index (χ2v) is 7.30. The zero-order valence-corrected chi connectivity index (χ0v) is 20.8. The maximum atomic E-state index is 6.05. The normalized spacial score (nSPS) is 14.6. The number of para-hydroxylation sites is 1. The van der Waals surface area contributed by atoms with Crippen LogP contribution in [0.5, 0.6) is 5.75 Å². The van der Waals surface area contributed by atoms with Crippen LogP contribution in [0.2, 0.25) is 0 Å². The number of nitrogens with zero attached hydrogens (tertiary/aromatic N) is 1. The van der Waals surface area contributed by atoms with Crippen LogP contribution in [0.1, 0.15) is 36.5 Å². The predicted molar refractivity (Wildman–Crippen MR) is 135 cm³/mol. The van der Waals surface area contributed by atoms with Gasteiger partial charge in [0.1, 0.15) is 5.75 Å². The lowest BCUT2D eigenvalue weighted by molar-refractivity contribution is -0.0390. The number of hydrogen-bond donors (Lipinski definition) is 2. The Morgan fingerprint density at radius 3 is 2.61 bits per heavy atom. The fraction of sp³-hybridized carbons (Fsp3) is 0.458. The molecule has 31 heavy (non-hydrogen) atoms. The second-order valence-electron chi connectivity index (χ2n) is 7.30. The number of nitrogens with one attached hydrogen (secondary N) is 2. The summed E-state index contributed by atoms with van der Waals surface area (Å²) >= 11 is 0. The molecule has 6 nitrogen and oxygen atoms in total. The van der Waals surface area contributed by atoms with Gasteiger partial charge >= 0.3 is 0 Å². The first-order valence-electron chi connectivity index (χ1n) is 10.7. The molecule has 1 saturated heterocycles. The number of halogens is 1. The van der Waals surface area contributed by atoms with Gasteiger partial charge in [-0.1, -0.05) is 42.5 Å². The molecule has 0 atom stereocenters. The topological polar surface area (TPSA) is 64.1 Å². The minimum absolute atomic E-state index is 0. The molecule has 2 aromatic rings. The van der Waals surface area contributed by atoms with Gasteiger partial charge in [0.05, 0.1) is 26.4 Å². The van der Waals surface area contributed by atoms with Crippen LogP contribution in [0.15, 0.2) is 53.5 Å². The van der Waals surface area contributed by atoms with Crippen molar-refractivity contribution in [3.05, 3.63) is 65.2 Å². The van der Waals surface area contributed by atoms with Crippen molar-refractivity contribution in [2.45, 2.75) is 45.6 Å². The van der Waals surface area contributed by atoms with Crippen LogP contribution in [-0.2, 0) is 29.2 Å². The van der Waals surface area contributed by atoms with Crippen molar-refractivity contribution in [1.29, 1.82) is 0 Å². The number of benzene rings is 2. The van der Waals surface area contributed by atoms with E-state index in [1.807, 2.05) is 18.2 Å². The van der Waals surface area contributed by atoms with E-state index < -0.39 is 0 Å². The number of aliphatic imine (C=N–C) groups is 1. The van der Waals surface area contributed by atoms with Crippen molar-refractivity contribution in [2.75, 3.05) is 26.9 Å². The summed E-state index contributed by atoms with van der Waals surface area (Å²) in [5.41, 5.74) is 3.44. The number of ether oxygens (including phenoxy) is 3. The highest BCUT2D eigenvalue weighted by Gasteiger charge is 2.14. The van der Waals surface area contributed by atoms with Crippen LogP contribution in [0, 0.1) is 0 Å². The van der Waals surface area contributed by atoms with Gasteiger partial charge in [0, 0.05) is 31.9 Å². The number of guanidine groups is 1. The highest BCUT2D eigenvalue weighted by Crippen LogP contribution is 2.17. The molecule has 0 aliphatic carbocycles. The molecule has 1 aliphatic rings. The van der Waals surface area contributed by atoms with Crippen LogP contribution in [-0.4, -0.2) is 38.9 Å². The Balaban J connectivity index is 0.00000341. The third kappa shape index (κ3) is 8.66. The number of methoxy groups -OCH3 is 1. The van der Waals surface area contributed by atoms with Gasteiger partial charge in [-0.25, -0.2) is 4.99 Å². The average molecular weight is 539 g/mol. The second kappa shape index (κ2) is 14.3. The van der Waals surface area contributed by atoms with Crippen molar-refractivity contribution >= 4 is 29.9 Å². The monoisotopic (exact) mass is 539 g/mol. The number of rotatable bonds is 9. The molecule has 3 rings (SSSR count). The van der Waals surface area contributed by atoms with Crippen LogP contribution in [0.25, 0.3) is 0 Å². The van der Waals surface area contributed by atoms with E-state index in [1.54, 1.807) is 7.11 Å². The summed E-state index contributed by atoms with van der Waals surface area (Å²) in [5.74, 6) is 1.66. The zero-order valence-electron chi connectivity index (χ0n) is 18.4. The molecule has 0 unspecified atom stereocenters. The summed E-state index contributed by atoms with van der Waals surface area (Å²) in [5, 5.41) is 6.69. The van der Waals surface area contributed by atoms with Crippen LogP contribution < -0.4 is 15.4 Å². The Morgan fingerprint density at radius 1 is 1.06 bits per heavy atom. The van der Waals surface area contributed by atoms with Gasteiger partial charge in [0.2, 0.25) is 0 Å². The smallest absolute Gasteiger partial charge is 0.191 e. The van der Waals surface area contributed by atoms with E-state index in [4.69, 9.17) is 19.2 Å². The van der Waals surface area contributed by atoms with Gasteiger partial charge in [-0.15, -0.1) is 24.0 Å². The van der Waals surface area contributed by atoms with Gasteiger partial charge in [-0.3, -0.25) is 0 Å². The lowest BCUT2D eigenvalue weighted by Gasteiger charge is -2.22. The van der Waals surface area contributed by atoms with E-state index >= 15 is 0 Å². The van der Waals surface area contributed by atoms with Crippen molar-refractivity contribution < 1.29 is 14.2 Å². The van der Waals surface area contributed by atoms with Gasteiger partial charge < -0.3 is 24.8 Å². The fourth-order valence-electron chi connectivity index (χ4n) is 3.41. The van der Waals surface area contributed by atoms with E-state index in [1.165, 1.54) is 5.56 Å². The van der Waals surface area contributed by atoms with Crippen LogP contribution in [0.4, 0.5) is 0 Å². The summed E-state index contributed by atoms with van der Waals surface area (Å²) in [6, 6.07) is 16.5. The molecule has 7 heteroatoms. The molecule has 0 amide bonds.